The van der Waals surface area contributed by atoms with Crippen molar-refractivity contribution in [2.24, 2.45) is 0 Å². The van der Waals surface area contributed by atoms with Gasteiger partial charge in [-0.05, 0) is 34.7 Å². The predicted molar refractivity (Wildman–Crippen MR) is 161 cm³/mol. The van der Waals surface area contributed by atoms with E-state index in [1.165, 1.54) is 18.2 Å². The fourth-order valence-corrected chi connectivity index (χ4v) is 5.11. The number of benzene rings is 3. The van der Waals surface area contributed by atoms with Crippen LogP contribution in [0.3, 0.4) is 0 Å². The Morgan fingerprint density at radius 3 is 2.05 bits per heavy atom. The Bertz CT molecular complexity index is 1420. The molecule has 0 radical (unpaired) electrons. The van der Waals surface area contributed by atoms with E-state index >= 15 is 0 Å². The number of aromatic nitrogens is 1. The second-order valence-corrected chi connectivity index (χ2v) is 9.96. The van der Waals surface area contributed by atoms with Crippen LogP contribution >= 0.6 is 0 Å². The van der Waals surface area contributed by atoms with Crippen LogP contribution in [-0.4, -0.2) is 60.6 Å². The van der Waals surface area contributed by atoms with E-state index in [9.17, 15) is 4.79 Å². The van der Waals surface area contributed by atoms with Gasteiger partial charge in [0.25, 0.3) is 0 Å². The fraction of sp³-hybridized carbons (Fsp3) is 0.257. The van der Waals surface area contributed by atoms with Gasteiger partial charge in [0.15, 0.2) is 11.4 Å². The molecule has 2 heterocycles. The van der Waals surface area contributed by atoms with Crippen LogP contribution in [0.4, 0.5) is 0 Å². The third-order valence-corrected chi connectivity index (χ3v) is 7.25. The second-order valence-electron chi connectivity index (χ2n) is 9.96. The number of ether oxygens (including phenoxy) is 2. The molecule has 0 saturated carbocycles. The number of hydrogen-bond donors (Lipinski definition) is 0. The molecule has 0 spiro atoms. The minimum atomic E-state index is -0.543. The molecule has 6 nitrogen and oxygen atoms in total. The molecule has 1 aromatic heterocycles. The van der Waals surface area contributed by atoms with E-state index in [1.54, 1.807) is 12.1 Å². The molecule has 1 aliphatic rings. The Kier molecular flexibility index (Phi) is 9.78. The van der Waals surface area contributed by atoms with Crippen molar-refractivity contribution in [2.75, 3.05) is 39.8 Å². The number of pyridine rings is 1. The minimum Gasteiger partial charge on any atom is -0.486 e. The molecule has 1 saturated heterocycles. The lowest BCUT2D eigenvalue weighted by Gasteiger charge is -2.39. The van der Waals surface area contributed by atoms with E-state index in [0.717, 1.165) is 44.7 Å². The molecule has 0 N–H and O–H groups in total. The number of methoxy groups -OCH3 is 1. The van der Waals surface area contributed by atoms with Gasteiger partial charge >= 0.3 is 5.97 Å². The summed E-state index contributed by atoms with van der Waals surface area (Å²) in [5.74, 6) is 6.19. The zero-order valence-electron chi connectivity index (χ0n) is 23.4. The highest BCUT2D eigenvalue weighted by molar-refractivity contribution is 5.90. The Hall–Kier alpha value is -4.44. The third-order valence-electron chi connectivity index (χ3n) is 7.25. The van der Waals surface area contributed by atoms with Crippen LogP contribution in [0.2, 0.25) is 0 Å². The minimum absolute atomic E-state index is 0.137. The van der Waals surface area contributed by atoms with Gasteiger partial charge in [0.1, 0.15) is 12.3 Å². The first-order valence-electron chi connectivity index (χ1n) is 14.0. The molecule has 4 aromatic rings. The standard InChI is InChI=1S/C35H35N3O3/c1-40-35(39)33-32(41-27-28-13-5-2-6-14-28)21-20-31(36-33)19-11-12-22-37-23-25-38(26-24-37)34(29-15-7-3-8-16-29)30-17-9-4-10-18-30/h2-10,13-18,20-21,34H,12,22-27H2,1H3. The lowest BCUT2D eigenvalue weighted by Crippen LogP contribution is -2.48. The summed E-state index contributed by atoms with van der Waals surface area (Å²) >= 11 is 0. The van der Waals surface area contributed by atoms with E-state index in [1.807, 2.05) is 30.3 Å². The highest BCUT2D eigenvalue weighted by atomic mass is 16.5. The lowest BCUT2D eigenvalue weighted by molar-refractivity contribution is 0.0588. The molecule has 3 aromatic carbocycles. The molecule has 0 amide bonds. The van der Waals surface area contributed by atoms with Crippen LogP contribution in [0.1, 0.15) is 45.3 Å². The average Bonchev–Trinajstić information content (AvgIpc) is 3.04. The summed E-state index contributed by atoms with van der Waals surface area (Å²) in [7, 11) is 1.34. The smallest absolute Gasteiger partial charge is 0.360 e. The second kappa shape index (κ2) is 14.3. The Labute approximate surface area is 242 Å². The maximum Gasteiger partial charge on any atom is 0.360 e. The molecular formula is C35H35N3O3. The van der Waals surface area contributed by atoms with Crippen LogP contribution in [0.25, 0.3) is 0 Å². The zero-order valence-corrected chi connectivity index (χ0v) is 23.4. The molecule has 0 bridgehead atoms. The number of esters is 1. The van der Waals surface area contributed by atoms with Gasteiger partial charge in [-0.2, -0.15) is 0 Å². The van der Waals surface area contributed by atoms with Gasteiger partial charge in [0.2, 0.25) is 0 Å². The maximum atomic E-state index is 12.4. The average molecular weight is 546 g/mol. The van der Waals surface area contributed by atoms with Gasteiger partial charge in [-0.15, -0.1) is 0 Å². The third kappa shape index (κ3) is 7.61. The molecule has 208 valence electrons. The van der Waals surface area contributed by atoms with Crippen LogP contribution in [0, 0.1) is 11.8 Å². The summed E-state index contributed by atoms with van der Waals surface area (Å²) in [4.78, 5) is 21.8. The van der Waals surface area contributed by atoms with Crippen molar-refractivity contribution in [2.45, 2.75) is 19.1 Å². The molecule has 41 heavy (non-hydrogen) atoms. The Morgan fingerprint density at radius 1 is 0.829 bits per heavy atom. The molecule has 6 heteroatoms. The monoisotopic (exact) mass is 545 g/mol. The van der Waals surface area contributed by atoms with Crippen molar-refractivity contribution in [3.8, 4) is 17.6 Å². The van der Waals surface area contributed by atoms with E-state index in [-0.39, 0.29) is 11.7 Å². The van der Waals surface area contributed by atoms with Crippen LogP contribution in [-0.2, 0) is 11.3 Å². The highest BCUT2D eigenvalue weighted by Crippen LogP contribution is 2.29. The summed E-state index contributed by atoms with van der Waals surface area (Å²) in [6.07, 6.45) is 0.724. The summed E-state index contributed by atoms with van der Waals surface area (Å²) < 4.78 is 10.8. The van der Waals surface area contributed by atoms with Gasteiger partial charge in [-0.3, -0.25) is 9.80 Å². The summed E-state index contributed by atoms with van der Waals surface area (Å²) in [5, 5.41) is 0. The van der Waals surface area contributed by atoms with Crippen LogP contribution in [0.5, 0.6) is 5.75 Å². The first-order valence-corrected chi connectivity index (χ1v) is 14.0. The number of carbonyl (C=O) groups excluding carboxylic acids is 1. The zero-order chi connectivity index (χ0) is 28.3. The topological polar surface area (TPSA) is 54.9 Å². The number of nitrogens with zero attached hydrogens (tertiary/aromatic N) is 3. The summed E-state index contributed by atoms with van der Waals surface area (Å²) in [6, 6.07) is 35.1. The molecule has 0 unspecified atom stereocenters. The first-order chi connectivity index (χ1) is 20.2. The lowest BCUT2D eigenvalue weighted by atomic mass is 9.96. The largest absolute Gasteiger partial charge is 0.486 e. The van der Waals surface area contributed by atoms with Crippen molar-refractivity contribution in [1.29, 1.82) is 0 Å². The Balaban J connectivity index is 1.16. The molecule has 1 fully saturated rings. The fourth-order valence-electron chi connectivity index (χ4n) is 5.11. The molecular weight excluding hydrogens is 510 g/mol. The SMILES string of the molecule is COC(=O)c1nc(C#CCCN2CCN(C(c3ccccc3)c3ccccc3)CC2)ccc1OCc1ccccc1. The summed E-state index contributed by atoms with van der Waals surface area (Å²) in [5.41, 5.74) is 4.32. The van der Waals surface area contributed by atoms with E-state index in [4.69, 9.17) is 9.47 Å². The van der Waals surface area contributed by atoms with Gasteiger partial charge < -0.3 is 9.47 Å². The van der Waals surface area contributed by atoms with Gasteiger partial charge in [-0.25, -0.2) is 9.78 Å². The summed E-state index contributed by atoms with van der Waals surface area (Å²) in [6.45, 7) is 5.21. The maximum absolute atomic E-state index is 12.4. The van der Waals surface area contributed by atoms with Crippen LogP contribution in [0.15, 0.2) is 103 Å². The van der Waals surface area contributed by atoms with E-state index in [2.05, 4.69) is 87.3 Å². The van der Waals surface area contributed by atoms with Crippen molar-refractivity contribution in [3.05, 3.63) is 131 Å². The van der Waals surface area contributed by atoms with Crippen molar-refractivity contribution < 1.29 is 14.3 Å². The predicted octanol–water partition coefficient (Wildman–Crippen LogP) is 5.60. The van der Waals surface area contributed by atoms with Crippen LogP contribution < -0.4 is 4.74 Å². The quantitative estimate of drug-likeness (QED) is 0.202. The van der Waals surface area contributed by atoms with Crippen molar-refractivity contribution in [3.63, 3.8) is 0 Å². The number of hydrogen-bond acceptors (Lipinski definition) is 6. The van der Waals surface area contributed by atoms with Gasteiger partial charge in [0, 0.05) is 39.1 Å². The molecule has 1 aliphatic heterocycles. The first kappa shape index (κ1) is 28.1. The number of rotatable bonds is 9. The van der Waals surface area contributed by atoms with Gasteiger partial charge in [0.05, 0.1) is 13.2 Å². The number of piperazine rings is 1. The highest BCUT2D eigenvalue weighted by Gasteiger charge is 2.26. The van der Waals surface area contributed by atoms with Gasteiger partial charge in [-0.1, -0.05) is 96.9 Å². The molecule has 5 rings (SSSR count). The van der Waals surface area contributed by atoms with Crippen molar-refractivity contribution >= 4 is 5.97 Å². The normalized spacial score (nSPS) is 13.8. The van der Waals surface area contributed by atoms with E-state index < -0.39 is 5.97 Å². The Morgan fingerprint density at radius 2 is 1.44 bits per heavy atom. The van der Waals surface area contributed by atoms with E-state index in [0.29, 0.717) is 18.1 Å². The van der Waals surface area contributed by atoms with Crippen molar-refractivity contribution in [1.82, 2.24) is 14.8 Å². The molecule has 0 atom stereocenters. The molecule has 0 aliphatic carbocycles. The number of carbonyl (C=O) groups is 1.